The van der Waals surface area contributed by atoms with E-state index in [2.05, 4.69) is 17.1 Å². The Morgan fingerprint density at radius 1 is 1.33 bits per heavy atom. The fourth-order valence-electron chi connectivity index (χ4n) is 3.11. The summed E-state index contributed by atoms with van der Waals surface area (Å²) in [6, 6.07) is 5.79. The molecule has 21 heavy (non-hydrogen) atoms. The lowest BCUT2D eigenvalue weighted by Gasteiger charge is -2.38. The maximum Gasteiger partial charge on any atom is 0.123 e. The summed E-state index contributed by atoms with van der Waals surface area (Å²) in [5, 5.41) is 3.49. The van der Waals surface area contributed by atoms with Crippen LogP contribution in [-0.2, 0) is 11.3 Å². The monoisotopic (exact) mass is 292 g/mol. The summed E-state index contributed by atoms with van der Waals surface area (Å²) in [5.41, 5.74) is 2.21. The summed E-state index contributed by atoms with van der Waals surface area (Å²) >= 11 is 0. The SMILES string of the molecule is COC1CN(c2ccc(F)cc2CNC2CC2)CCC1C. The van der Waals surface area contributed by atoms with Gasteiger partial charge in [0.05, 0.1) is 6.10 Å². The second kappa shape index (κ2) is 6.32. The quantitative estimate of drug-likeness (QED) is 0.903. The largest absolute Gasteiger partial charge is 0.379 e. The van der Waals surface area contributed by atoms with E-state index in [0.29, 0.717) is 12.0 Å². The van der Waals surface area contributed by atoms with Crippen molar-refractivity contribution in [3.05, 3.63) is 29.6 Å². The van der Waals surface area contributed by atoms with Crippen molar-refractivity contribution in [2.24, 2.45) is 5.92 Å². The fraction of sp³-hybridized carbons (Fsp3) is 0.647. The van der Waals surface area contributed by atoms with E-state index >= 15 is 0 Å². The van der Waals surface area contributed by atoms with Crippen molar-refractivity contribution in [2.45, 2.75) is 44.9 Å². The standard InChI is InChI=1S/C17H25FN2O/c1-12-7-8-20(11-17(12)21-2)16-6-3-14(18)9-13(16)10-19-15-4-5-15/h3,6,9,12,15,17,19H,4-5,7-8,10-11H2,1-2H3. The second-order valence-electron chi connectivity index (χ2n) is 6.41. The Balaban J connectivity index is 1.76. The number of methoxy groups -OCH3 is 1. The maximum absolute atomic E-state index is 13.6. The molecule has 0 spiro atoms. The average Bonchev–Trinajstić information content (AvgIpc) is 3.30. The average molecular weight is 292 g/mol. The maximum atomic E-state index is 13.6. The fourth-order valence-corrected chi connectivity index (χ4v) is 3.11. The first kappa shape index (κ1) is 14.8. The second-order valence-corrected chi connectivity index (χ2v) is 6.41. The van der Waals surface area contributed by atoms with Crippen LogP contribution in [0.25, 0.3) is 0 Å². The highest BCUT2D eigenvalue weighted by atomic mass is 19.1. The zero-order valence-corrected chi connectivity index (χ0v) is 12.9. The first-order valence-electron chi connectivity index (χ1n) is 7.97. The van der Waals surface area contributed by atoms with Gasteiger partial charge in [-0.2, -0.15) is 0 Å². The van der Waals surface area contributed by atoms with E-state index in [0.717, 1.165) is 37.3 Å². The van der Waals surface area contributed by atoms with Gasteiger partial charge >= 0.3 is 0 Å². The number of ether oxygens (including phenoxy) is 1. The van der Waals surface area contributed by atoms with Gasteiger partial charge in [-0.05, 0) is 48.9 Å². The van der Waals surface area contributed by atoms with E-state index in [1.807, 2.05) is 6.07 Å². The molecule has 1 aromatic rings. The molecule has 3 rings (SSSR count). The molecule has 1 heterocycles. The van der Waals surface area contributed by atoms with Crippen LogP contribution in [-0.4, -0.2) is 32.3 Å². The molecule has 0 aromatic heterocycles. The number of rotatable bonds is 5. The van der Waals surface area contributed by atoms with Crippen molar-refractivity contribution in [1.82, 2.24) is 5.32 Å². The molecule has 1 saturated carbocycles. The lowest BCUT2D eigenvalue weighted by Crippen LogP contribution is -2.44. The Hall–Kier alpha value is -1.13. The number of hydrogen-bond acceptors (Lipinski definition) is 3. The van der Waals surface area contributed by atoms with Crippen LogP contribution in [0.1, 0.15) is 31.7 Å². The minimum atomic E-state index is -0.153. The van der Waals surface area contributed by atoms with E-state index in [9.17, 15) is 4.39 Å². The minimum absolute atomic E-state index is 0.153. The van der Waals surface area contributed by atoms with Crippen molar-refractivity contribution < 1.29 is 9.13 Å². The number of benzene rings is 1. The number of piperidine rings is 1. The van der Waals surface area contributed by atoms with Crippen molar-refractivity contribution in [2.75, 3.05) is 25.1 Å². The summed E-state index contributed by atoms with van der Waals surface area (Å²) < 4.78 is 19.2. The Kier molecular flexibility index (Phi) is 4.45. The zero-order chi connectivity index (χ0) is 14.8. The Bertz CT molecular complexity index is 490. The third kappa shape index (κ3) is 3.55. The third-order valence-electron chi connectivity index (χ3n) is 4.73. The van der Waals surface area contributed by atoms with Crippen molar-refractivity contribution in [1.29, 1.82) is 0 Å². The highest BCUT2D eigenvalue weighted by Crippen LogP contribution is 2.29. The molecule has 116 valence electrons. The molecule has 1 aliphatic carbocycles. The predicted molar refractivity (Wildman–Crippen MR) is 83.1 cm³/mol. The number of halogens is 1. The molecular weight excluding hydrogens is 267 g/mol. The van der Waals surface area contributed by atoms with E-state index < -0.39 is 0 Å². The Labute approximate surface area is 126 Å². The van der Waals surface area contributed by atoms with Gasteiger partial charge in [0.1, 0.15) is 5.82 Å². The van der Waals surface area contributed by atoms with Crippen LogP contribution in [0.2, 0.25) is 0 Å². The van der Waals surface area contributed by atoms with Gasteiger partial charge in [0.2, 0.25) is 0 Å². The summed E-state index contributed by atoms with van der Waals surface area (Å²) in [7, 11) is 1.78. The van der Waals surface area contributed by atoms with E-state index in [1.165, 1.54) is 12.8 Å². The zero-order valence-electron chi connectivity index (χ0n) is 12.9. The van der Waals surface area contributed by atoms with Crippen LogP contribution in [0.5, 0.6) is 0 Å². The minimum Gasteiger partial charge on any atom is -0.379 e. The molecule has 4 heteroatoms. The van der Waals surface area contributed by atoms with Gasteiger partial charge in [-0.25, -0.2) is 4.39 Å². The van der Waals surface area contributed by atoms with Gasteiger partial charge in [-0.15, -0.1) is 0 Å². The highest BCUT2D eigenvalue weighted by molar-refractivity contribution is 5.54. The number of hydrogen-bond donors (Lipinski definition) is 1. The van der Waals surface area contributed by atoms with Crippen LogP contribution in [0.3, 0.4) is 0 Å². The Morgan fingerprint density at radius 2 is 2.14 bits per heavy atom. The number of nitrogens with one attached hydrogen (secondary N) is 1. The molecule has 2 atom stereocenters. The van der Waals surface area contributed by atoms with Crippen LogP contribution in [0.15, 0.2) is 18.2 Å². The molecule has 1 aliphatic heterocycles. The molecule has 0 amide bonds. The van der Waals surface area contributed by atoms with Gasteiger partial charge in [-0.1, -0.05) is 6.92 Å². The molecule has 0 bridgehead atoms. The summed E-state index contributed by atoms with van der Waals surface area (Å²) in [6.07, 6.45) is 3.87. The van der Waals surface area contributed by atoms with E-state index in [-0.39, 0.29) is 11.9 Å². The lowest BCUT2D eigenvalue weighted by atomic mass is 9.95. The van der Waals surface area contributed by atoms with Gasteiger partial charge < -0.3 is 15.0 Å². The smallest absolute Gasteiger partial charge is 0.123 e. The van der Waals surface area contributed by atoms with Gasteiger partial charge in [0.15, 0.2) is 0 Å². The first-order valence-corrected chi connectivity index (χ1v) is 7.97. The third-order valence-corrected chi connectivity index (χ3v) is 4.73. The Morgan fingerprint density at radius 3 is 2.86 bits per heavy atom. The van der Waals surface area contributed by atoms with E-state index in [4.69, 9.17) is 4.74 Å². The predicted octanol–water partition coefficient (Wildman–Crippen LogP) is 2.94. The topological polar surface area (TPSA) is 24.5 Å². The van der Waals surface area contributed by atoms with Crippen LogP contribution in [0, 0.1) is 11.7 Å². The number of nitrogens with zero attached hydrogens (tertiary/aromatic N) is 1. The summed E-state index contributed by atoms with van der Waals surface area (Å²) in [4.78, 5) is 2.34. The highest BCUT2D eigenvalue weighted by Gasteiger charge is 2.27. The van der Waals surface area contributed by atoms with Crippen LogP contribution in [0.4, 0.5) is 10.1 Å². The van der Waals surface area contributed by atoms with Gasteiger partial charge in [0, 0.05) is 38.5 Å². The van der Waals surface area contributed by atoms with Crippen molar-refractivity contribution in [3.63, 3.8) is 0 Å². The molecule has 3 nitrogen and oxygen atoms in total. The van der Waals surface area contributed by atoms with Crippen LogP contribution >= 0.6 is 0 Å². The molecule has 1 saturated heterocycles. The molecule has 2 unspecified atom stereocenters. The summed E-state index contributed by atoms with van der Waals surface area (Å²) in [5.74, 6) is 0.430. The van der Waals surface area contributed by atoms with Crippen LogP contribution < -0.4 is 10.2 Å². The molecular formula is C17H25FN2O. The molecule has 0 radical (unpaired) electrons. The normalized spacial score (nSPS) is 26.1. The van der Waals surface area contributed by atoms with E-state index in [1.54, 1.807) is 19.2 Å². The van der Waals surface area contributed by atoms with Crippen molar-refractivity contribution in [3.8, 4) is 0 Å². The van der Waals surface area contributed by atoms with Crippen molar-refractivity contribution >= 4 is 5.69 Å². The number of anilines is 1. The summed E-state index contributed by atoms with van der Waals surface area (Å²) in [6.45, 7) is 4.90. The molecule has 2 aliphatic rings. The molecule has 1 aromatic carbocycles. The van der Waals surface area contributed by atoms with Gasteiger partial charge in [0.25, 0.3) is 0 Å². The molecule has 2 fully saturated rings. The first-order chi connectivity index (χ1) is 10.2. The van der Waals surface area contributed by atoms with Gasteiger partial charge in [-0.3, -0.25) is 0 Å². The lowest BCUT2D eigenvalue weighted by molar-refractivity contribution is 0.0498. The molecule has 1 N–H and O–H groups in total.